The standard InChI is InChI=1S/C13H25N3/c1-10(2)16-7-11-3-4-13(5-6-14-9-13)15-12(11)8-16/h10-12,14-15H,3-9H2,1-2H3. The predicted molar refractivity (Wildman–Crippen MR) is 66.6 cm³/mol. The molecule has 0 aromatic rings. The third-order valence-corrected chi connectivity index (χ3v) is 4.93. The average Bonchev–Trinajstić information content (AvgIpc) is 2.85. The van der Waals surface area contributed by atoms with Crippen LogP contribution in [0, 0.1) is 5.92 Å². The van der Waals surface area contributed by atoms with Crippen molar-refractivity contribution in [1.29, 1.82) is 0 Å². The maximum atomic E-state index is 3.97. The first-order valence-electron chi connectivity index (χ1n) is 6.91. The Hall–Kier alpha value is -0.120. The summed E-state index contributed by atoms with van der Waals surface area (Å²) in [6.45, 7) is 9.63. The molecule has 3 heteroatoms. The fraction of sp³-hybridized carbons (Fsp3) is 1.00. The quantitative estimate of drug-likeness (QED) is 0.689. The molecule has 0 radical (unpaired) electrons. The normalized spacial score (nSPS) is 44.4. The Morgan fingerprint density at radius 1 is 1.25 bits per heavy atom. The second-order valence-electron chi connectivity index (χ2n) is 6.30. The van der Waals surface area contributed by atoms with Gasteiger partial charge in [-0.05, 0) is 45.6 Å². The van der Waals surface area contributed by atoms with E-state index in [1.54, 1.807) is 0 Å². The number of hydrogen-bond donors (Lipinski definition) is 2. The highest BCUT2D eigenvalue weighted by Gasteiger charge is 2.45. The van der Waals surface area contributed by atoms with Crippen molar-refractivity contribution in [1.82, 2.24) is 15.5 Å². The Morgan fingerprint density at radius 2 is 2.12 bits per heavy atom. The van der Waals surface area contributed by atoms with Crippen molar-refractivity contribution in [3.63, 3.8) is 0 Å². The molecule has 3 rings (SSSR count). The van der Waals surface area contributed by atoms with Gasteiger partial charge in [0.05, 0.1) is 0 Å². The highest BCUT2D eigenvalue weighted by molar-refractivity contribution is 5.06. The van der Waals surface area contributed by atoms with Gasteiger partial charge in [0.15, 0.2) is 0 Å². The van der Waals surface area contributed by atoms with Crippen molar-refractivity contribution in [2.24, 2.45) is 5.92 Å². The molecule has 3 nitrogen and oxygen atoms in total. The lowest BCUT2D eigenvalue weighted by Crippen LogP contribution is -2.58. The topological polar surface area (TPSA) is 27.3 Å². The zero-order valence-corrected chi connectivity index (χ0v) is 10.6. The molecule has 3 heterocycles. The summed E-state index contributed by atoms with van der Waals surface area (Å²) in [4.78, 5) is 2.64. The Balaban J connectivity index is 1.67. The zero-order valence-electron chi connectivity index (χ0n) is 10.6. The van der Waals surface area contributed by atoms with Crippen molar-refractivity contribution >= 4 is 0 Å². The van der Waals surface area contributed by atoms with Crippen molar-refractivity contribution in [2.45, 2.75) is 50.7 Å². The van der Waals surface area contributed by atoms with Gasteiger partial charge in [0.25, 0.3) is 0 Å². The average molecular weight is 223 g/mol. The lowest BCUT2D eigenvalue weighted by atomic mass is 9.80. The minimum absolute atomic E-state index is 0.453. The van der Waals surface area contributed by atoms with Crippen LogP contribution in [0.1, 0.15) is 33.1 Å². The van der Waals surface area contributed by atoms with Crippen LogP contribution in [0.25, 0.3) is 0 Å². The number of nitrogens with zero attached hydrogens (tertiary/aromatic N) is 1. The van der Waals surface area contributed by atoms with Crippen LogP contribution in [0.3, 0.4) is 0 Å². The van der Waals surface area contributed by atoms with E-state index in [0.717, 1.165) is 12.0 Å². The summed E-state index contributed by atoms with van der Waals surface area (Å²) in [5.41, 5.74) is 0.453. The van der Waals surface area contributed by atoms with Crippen LogP contribution < -0.4 is 10.6 Å². The molecule has 1 spiro atoms. The lowest BCUT2D eigenvalue weighted by molar-refractivity contribution is 0.193. The van der Waals surface area contributed by atoms with E-state index in [1.807, 2.05) is 0 Å². The van der Waals surface area contributed by atoms with Gasteiger partial charge in [-0.2, -0.15) is 0 Å². The highest BCUT2D eigenvalue weighted by Crippen LogP contribution is 2.35. The minimum Gasteiger partial charge on any atom is -0.315 e. The smallest absolute Gasteiger partial charge is 0.0321 e. The Kier molecular flexibility index (Phi) is 2.73. The number of hydrogen-bond acceptors (Lipinski definition) is 3. The first-order valence-corrected chi connectivity index (χ1v) is 6.91. The van der Waals surface area contributed by atoms with Crippen molar-refractivity contribution < 1.29 is 0 Å². The Morgan fingerprint density at radius 3 is 2.81 bits per heavy atom. The lowest BCUT2D eigenvalue weighted by Gasteiger charge is -2.40. The summed E-state index contributed by atoms with van der Waals surface area (Å²) >= 11 is 0. The first-order chi connectivity index (χ1) is 7.69. The summed E-state index contributed by atoms with van der Waals surface area (Å²) < 4.78 is 0. The molecule has 3 atom stereocenters. The molecule has 0 saturated carbocycles. The molecule has 3 aliphatic heterocycles. The van der Waals surface area contributed by atoms with Crippen LogP contribution in [0.2, 0.25) is 0 Å². The van der Waals surface area contributed by atoms with Gasteiger partial charge >= 0.3 is 0 Å². The third-order valence-electron chi connectivity index (χ3n) is 4.93. The summed E-state index contributed by atoms with van der Waals surface area (Å²) in [6, 6.07) is 1.47. The van der Waals surface area contributed by atoms with E-state index in [0.29, 0.717) is 11.6 Å². The number of fused-ring (bicyclic) bond motifs is 1. The number of likely N-dealkylation sites (tertiary alicyclic amines) is 1. The number of nitrogens with one attached hydrogen (secondary N) is 2. The van der Waals surface area contributed by atoms with E-state index in [2.05, 4.69) is 29.4 Å². The van der Waals surface area contributed by atoms with E-state index >= 15 is 0 Å². The van der Waals surface area contributed by atoms with Crippen LogP contribution in [0.4, 0.5) is 0 Å². The first kappa shape index (κ1) is 11.0. The number of rotatable bonds is 1. The molecule has 0 aliphatic carbocycles. The van der Waals surface area contributed by atoms with Crippen LogP contribution in [-0.4, -0.2) is 48.7 Å². The van der Waals surface area contributed by atoms with Gasteiger partial charge < -0.3 is 10.6 Å². The van der Waals surface area contributed by atoms with Crippen molar-refractivity contribution in [3.8, 4) is 0 Å². The fourth-order valence-corrected chi connectivity index (χ4v) is 3.79. The van der Waals surface area contributed by atoms with Gasteiger partial charge in [0, 0.05) is 37.3 Å². The van der Waals surface area contributed by atoms with Gasteiger partial charge in [-0.3, -0.25) is 4.90 Å². The van der Waals surface area contributed by atoms with Gasteiger partial charge in [0.1, 0.15) is 0 Å². The molecule has 0 aromatic carbocycles. The molecular formula is C13H25N3. The van der Waals surface area contributed by atoms with Crippen LogP contribution in [0.15, 0.2) is 0 Å². The zero-order chi connectivity index (χ0) is 11.2. The van der Waals surface area contributed by atoms with E-state index in [4.69, 9.17) is 0 Å². The minimum atomic E-state index is 0.453. The summed E-state index contributed by atoms with van der Waals surface area (Å²) in [5, 5.41) is 7.49. The van der Waals surface area contributed by atoms with E-state index in [9.17, 15) is 0 Å². The maximum Gasteiger partial charge on any atom is 0.0321 e. The van der Waals surface area contributed by atoms with Crippen molar-refractivity contribution in [2.75, 3.05) is 26.2 Å². The SMILES string of the molecule is CC(C)N1CC2CCC3(CCNC3)NC2C1. The molecule has 0 amide bonds. The Labute approximate surface area is 99.0 Å². The molecular weight excluding hydrogens is 198 g/mol. The summed E-state index contributed by atoms with van der Waals surface area (Å²) in [7, 11) is 0. The van der Waals surface area contributed by atoms with E-state index in [-0.39, 0.29) is 0 Å². The monoisotopic (exact) mass is 223 g/mol. The molecule has 3 saturated heterocycles. The second kappa shape index (κ2) is 3.97. The summed E-state index contributed by atoms with van der Waals surface area (Å²) in [5.74, 6) is 0.911. The predicted octanol–water partition coefficient (Wildman–Crippen LogP) is 0.811. The summed E-state index contributed by atoms with van der Waals surface area (Å²) in [6.07, 6.45) is 4.15. The Bertz CT molecular complexity index is 258. The van der Waals surface area contributed by atoms with Gasteiger partial charge in [-0.25, -0.2) is 0 Å². The van der Waals surface area contributed by atoms with Gasteiger partial charge in [-0.1, -0.05) is 0 Å². The highest BCUT2D eigenvalue weighted by atomic mass is 15.2. The van der Waals surface area contributed by atoms with E-state index < -0.39 is 0 Å². The maximum absolute atomic E-state index is 3.97. The molecule has 3 aliphatic rings. The molecule has 0 bridgehead atoms. The van der Waals surface area contributed by atoms with E-state index in [1.165, 1.54) is 45.4 Å². The molecule has 2 N–H and O–H groups in total. The van der Waals surface area contributed by atoms with Crippen LogP contribution >= 0.6 is 0 Å². The third kappa shape index (κ3) is 1.79. The second-order valence-corrected chi connectivity index (χ2v) is 6.30. The fourth-order valence-electron chi connectivity index (χ4n) is 3.79. The molecule has 3 unspecified atom stereocenters. The molecule has 3 fully saturated rings. The van der Waals surface area contributed by atoms with Gasteiger partial charge in [-0.15, -0.1) is 0 Å². The number of piperidine rings is 1. The van der Waals surface area contributed by atoms with Crippen LogP contribution in [0.5, 0.6) is 0 Å². The van der Waals surface area contributed by atoms with Crippen molar-refractivity contribution in [3.05, 3.63) is 0 Å². The van der Waals surface area contributed by atoms with Gasteiger partial charge in [0.2, 0.25) is 0 Å². The van der Waals surface area contributed by atoms with Crippen LogP contribution in [-0.2, 0) is 0 Å². The molecule has 16 heavy (non-hydrogen) atoms. The molecule has 92 valence electrons. The largest absolute Gasteiger partial charge is 0.315 e. The molecule has 0 aromatic heterocycles.